The standard InChI is InChI=1S/C34H42I2/c1-22(2)32(36)27-13-11-26(12-14-27)30-16-17-34(7)21-25(10-15-31(34)33(30,5)6)19-29(35)20-28-18-23(3)8-9-24(28)4/h8-9,11-16,18,20,22,25,32H,10,17,19,21H2,1-7H3/b29-20-/t25?,32-,34-/m1/s1. The first kappa shape index (κ1) is 28.1. The van der Waals surface area contributed by atoms with E-state index in [1.54, 1.807) is 5.57 Å². The molecule has 1 unspecified atom stereocenters. The minimum atomic E-state index is 0.0724. The number of alkyl halides is 1. The molecule has 0 spiro atoms. The molecule has 0 radical (unpaired) electrons. The predicted molar refractivity (Wildman–Crippen MR) is 176 cm³/mol. The SMILES string of the molecule is Cc1ccc(C)c(/C=C(\I)CC2CC=C3C(C)(C)C(c4ccc([C@H](I)C(C)C)cc4)=CC[C@]3(C)C2)c1. The Hall–Kier alpha value is -0.880. The number of halogens is 2. The third-order valence-electron chi connectivity index (χ3n) is 8.50. The van der Waals surface area contributed by atoms with E-state index in [0.717, 1.165) is 6.42 Å². The Morgan fingerprint density at radius 2 is 1.72 bits per heavy atom. The van der Waals surface area contributed by atoms with Crippen molar-refractivity contribution in [3.8, 4) is 0 Å². The highest BCUT2D eigenvalue weighted by Crippen LogP contribution is 2.59. The number of aryl methyl sites for hydroxylation is 2. The summed E-state index contributed by atoms with van der Waals surface area (Å²) in [7, 11) is 0. The zero-order valence-corrected chi connectivity index (χ0v) is 27.4. The van der Waals surface area contributed by atoms with Crippen LogP contribution in [0.25, 0.3) is 11.6 Å². The van der Waals surface area contributed by atoms with Gasteiger partial charge in [-0.3, -0.25) is 0 Å². The van der Waals surface area contributed by atoms with Crippen LogP contribution in [-0.4, -0.2) is 0 Å². The first-order valence-electron chi connectivity index (χ1n) is 13.5. The third kappa shape index (κ3) is 5.90. The normalized spacial score (nSPS) is 24.7. The molecule has 0 heterocycles. The molecule has 4 rings (SSSR count). The van der Waals surface area contributed by atoms with E-state index in [0.29, 0.717) is 15.8 Å². The van der Waals surface area contributed by atoms with Gasteiger partial charge in [-0.05, 0) is 117 Å². The van der Waals surface area contributed by atoms with Gasteiger partial charge in [-0.2, -0.15) is 0 Å². The van der Waals surface area contributed by atoms with Gasteiger partial charge in [0.1, 0.15) is 0 Å². The molecule has 2 heteroatoms. The van der Waals surface area contributed by atoms with Gasteiger partial charge in [-0.25, -0.2) is 0 Å². The summed E-state index contributed by atoms with van der Waals surface area (Å²) in [6.45, 7) is 16.5. The average molecular weight is 705 g/mol. The monoisotopic (exact) mass is 704 g/mol. The Morgan fingerprint density at radius 3 is 2.39 bits per heavy atom. The van der Waals surface area contributed by atoms with Gasteiger partial charge < -0.3 is 0 Å². The lowest BCUT2D eigenvalue weighted by molar-refractivity contribution is 0.228. The number of hydrogen-bond donors (Lipinski definition) is 0. The van der Waals surface area contributed by atoms with Crippen LogP contribution in [0, 0.1) is 36.5 Å². The Labute approximate surface area is 247 Å². The number of fused-ring (bicyclic) bond motifs is 1. The first-order chi connectivity index (χ1) is 16.9. The molecule has 0 aromatic heterocycles. The van der Waals surface area contributed by atoms with Crippen molar-refractivity contribution in [3.05, 3.63) is 91.6 Å². The number of hydrogen-bond acceptors (Lipinski definition) is 0. The molecule has 0 N–H and O–H groups in total. The molecule has 0 nitrogen and oxygen atoms in total. The molecule has 2 aliphatic carbocycles. The molecular weight excluding hydrogens is 662 g/mol. The maximum Gasteiger partial charge on any atom is 0.0382 e. The van der Waals surface area contributed by atoms with Gasteiger partial charge >= 0.3 is 0 Å². The van der Waals surface area contributed by atoms with E-state index in [1.807, 2.05) is 0 Å². The van der Waals surface area contributed by atoms with Crippen LogP contribution in [0.5, 0.6) is 0 Å². The van der Waals surface area contributed by atoms with E-state index in [-0.39, 0.29) is 10.8 Å². The summed E-state index contributed by atoms with van der Waals surface area (Å²) in [5.41, 5.74) is 10.4. The van der Waals surface area contributed by atoms with Crippen LogP contribution in [-0.2, 0) is 0 Å². The second-order valence-electron chi connectivity index (χ2n) is 12.4. The third-order valence-corrected chi connectivity index (χ3v) is 11.4. The second-order valence-corrected chi connectivity index (χ2v) is 15.1. The van der Waals surface area contributed by atoms with E-state index in [1.165, 1.54) is 56.2 Å². The molecule has 2 aromatic rings. The molecular formula is C34H42I2. The molecule has 3 atom stereocenters. The summed E-state index contributed by atoms with van der Waals surface area (Å²) in [4.78, 5) is 0. The van der Waals surface area contributed by atoms with Gasteiger partial charge in [0, 0.05) is 9.34 Å². The molecule has 2 aromatic carbocycles. The Kier molecular flexibility index (Phi) is 8.66. The van der Waals surface area contributed by atoms with Crippen molar-refractivity contribution in [2.75, 3.05) is 0 Å². The number of rotatable bonds is 6. The highest BCUT2D eigenvalue weighted by molar-refractivity contribution is 14.1. The van der Waals surface area contributed by atoms with Crippen molar-refractivity contribution in [1.29, 1.82) is 0 Å². The predicted octanol–water partition coefficient (Wildman–Crippen LogP) is 11.5. The average Bonchev–Trinajstić information content (AvgIpc) is 2.80. The maximum absolute atomic E-state index is 2.62. The minimum absolute atomic E-state index is 0.0724. The van der Waals surface area contributed by atoms with Gasteiger partial charge in [-0.1, -0.05) is 123 Å². The Balaban J connectivity index is 1.52. The largest absolute Gasteiger partial charge is 0.0836 e. The van der Waals surface area contributed by atoms with Crippen molar-refractivity contribution < 1.29 is 0 Å². The lowest BCUT2D eigenvalue weighted by atomic mass is 9.54. The van der Waals surface area contributed by atoms with Gasteiger partial charge in [-0.15, -0.1) is 0 Å². The molecule has 0 saturated heterocycles. The molecule has 0 amide bonds. The topological polar surface area (TPSA) is 0 Å². The molecule has 2 aliphatic rings. The Morgan fingerprint density at radius 1 is 1.03 bits per heavy atom. The summed E-state index contributed by atoms with van der Waals surface area (Å²) in [5.74, 6) is 1.37. The molecule has 192 valence electrons. The molecule has 0 bridgehead atoms. The van der Waals surface area contributed by atoms with E-state index in [9.17, 15) is 0 Å². The molecule has 0 aliphatic heterocycles. The lowest BCUT2D eigenvalue weighted by Crippen LogP contribution is -2.37. The summed E-state index contributed by atoms with van der Waals surface area (Å²) in [6, 6.07) is 16.2. The fraction of sp³-hybridized carbons (Fsp3) is 0.471. The van der Waals surface area contributed by atoms with Gasteiger partial charge in [0.25, 0.3) is 0 Å². The zero-order valence-electron chi connectivity index (χ0n) is 23.1. The van der Waals surface area contributed by atoms with Crippen LogP contribution in [0.2, 0.25) is 0 Å². The van der Waals surface area contributed by atoms with Crippen molar-refractivity contribution >= 4 is 56.8 Å². The van der Waals surface area contributed by atoms with Crippen LogP contribution in [0.3, 0.4) is 0 Å². The van der Waals surface area contributed by atoms with Crippen LogP contribution in [0.15, 0.2) is 63.8 Å². The van der Waals surface area contributed by atoms with E-state index in [2.05, 4.69) is 154 Å². The van der Waals surface area contributed by atoms with Crippen LogP contribution in [0.1, 0.15) is 92.0 Å². The highest BCUT2D eigenvalue weighted by atomic mass is 127. The maximum atomic E-state index is 2.62. The van der Waals surface area contributed by atoms with Crippen LogP contribution < -0.4 is 0 Å². The van der Waals surface area contributed by atoms with Crippen molar-refractivity contribution in [2.24, 2.45) is 22.7 Å². The van der Waals surface area contributed by atoms with Crippen LogP contribution >= 0.6 is 45.2 Å². The number of benzene rings is 2. The van der Waals surface area contributed by atoms with Crippen molar-refractivity contribution in [1.82, 2.24) is 0 Å². The smallest absolute Gasteiger partial charge is 0.0382 e. The summed E-state index contributed by atoms with van der Waals surface area (Å²) < 4.78 is 2.05. The molecule has 36 heavy (non-hydrogen) atoms. The van der Waals surface area contributed by atoms with Gasteiger partial charge in [0.2, 0.25) is 0 Å². The van der Waals surface area contributed by atoms with Gasteiger partial charge in [0.15, 0.2) is 0 Å². The minimum Gasteiger partial charge on any atom is -0.0836 e. The summed E-state index contributed by atoms with van der Waals surface area (Å²) in [6.07, 6.45) is 12.4. The fourth-order valence-corrected chi connectivity index (χ4v) is 7.95. The van der Waals surface area contributed by atoms with Crippen molar-refractivity contribution in [2.45, 2.75) is 78.1 Å². The number of allylic oxidation sites excluding steroid dienone is 5. The van der Waals surface area contributed by atoms with Gasteiger partial charge in [0.05, 0.1) is 0 Å². The van der Waals surface area contributed by atoms with E-state index >= 15 is 0 Å². The Bertz CT molecular complexity index is 1190. The summed E-state index contributed by atoms with van der Waals surface area (Å²) in [5, 5.41) is 0. The zero-order chi connectivity index (χ0) is 26.3. The van der Waals surface area contributed by atoms with E-state index < -0.39 is 0 Å². The van der Waals surface area contributed by atoms with E-state index in [4.69, 9.17) is 0 Å². The second kappa shape index (κ2) is 11.1. The first-order valence-corrected chi connectivity index (χ1v) is 15.8. The van der Waals surface area contributed by atoms with Crippen molar-refractivity contribution in [3.63, 3.8) is 0 Å². The molecule has 0 saturated carbocycles. The lowest BCUT2D eigenvalue weighted by Gasteiger charge is -2.50. The highest BCUT2D eigenvalue weighted by Gasteiger charge is 2.45. The quantitative estimate of drug-likeness (QED) is 0.160. The van der Waals surface area contributed by atoms with Crippen LogP contribution in [0.4, 0.5) is 0 Å². The summed E-state index contributed by atoms with van der Waals surface area (Å²) >= 11 is 5.17. The fourth-order valence-electron chi connectivity index (χ4n) is 6.58. The molecule has 0 fully saturated rings.